The Bertz CT molecular complexity index is 927. The van der Waals surface area contributed by atoms with Crippen LogP contribution >= 0.6 is 15.9 Å². The summed E-state index contributed by atoms with van der Waals surface area (Å²) in [7, 11) is 0. The van der Waals surface area contributed by atoms with Crippen molar-refractivity contribution in [2.24, 2.45) is 0 Å². The van der Waals surface area contributed by atoms with Crippen molar-refractivity contribution in [1.82, 2.24) is 20.2 Å². The number of aromatic nitrogens is 4. The molecule has 0 fully saturated rings. The molecule has 6 heteroatoms. The van der Waals surface area contributed by atoms with Crippen LogP contribution in [0.1, 0.15) is 28.3 Å². The molecule has 4 rings (SSSR count). The number of aryl methyl sites for hydroxylation is 2. The van der Waals surface area contributed by atoms with Crippen molar-refractivity contribution < 1.29 is 0 Å². The normalized spacial score (nSPS) is 16.3. The van der Waals surface area contributed by atoms with Crippen LogP contribution in [-0.2, 0) is 0 Å². The summed E-state index contributed by atoms with van der Waals surface area (Å²) in [6.07, 6.45) is 2.16. The smallest absolute Gasteiger partial charge is 0.248 e. The molecular weight excluding hydrogens is 366 g/mol. The summed E-state index contributed by atoms with van der Waals surface area (Å²) in [6, 6.07) is 14.6. The third-order valence-electron chi connectivity index (χ3n) is 4.36. The molecule has 1 aliphatic heterocycles. The molecule has 24 heavy (non-hydrogen) atoms. The minimum atomic E-state index is -0.0408. The topological polar surface area (TPSA) is 55.6 Å². The number of allylic oxidation sites excluding steroid dienone is 1. The van der Waals surface area contributed by atoms with Crippen molar-refractivity contribution in [3.63, 3.8) is 0 Å². The molecule has 2 aromatic carbocycles. The fourth-order valence-electron chi connectivity index (χ4n) is 2.83. The molecule has 1 aromatic heterocycles. The maximum absolute atomic E-state index is 4.13. The first kappa shape index (κ1) is 15.1. The lowest BCUT2D eigenvalue weighted by Gasteiger charge is -2.23. The van der Waals surface area contributed by atoms with Gasteiger partial charge < -0.3 is 5.32 Å². The third-order valence-corrected chi connectivity index (χ3v) is 4.89. The van der Waals surface area contributed by atoms with Gasteiger partial charge in [0.15, 0.2) is 0 Å². The highest BCUT2D eigenvalue weighted by molar-refractivity contribution is 9.10. The van der Waals surface area contributed by atoms with Crippen LogP contribution in [0.3, 0.4) is 0 Å². The van der Waals surface area contributed by atoms with Crippen molar-refractivity contribution in [2.45, 2.75) is 19.9 Å². The van der Waals surface area contributed by atoms with Gasteiger partial charge in [0, 0.05) is 10.2 Å². The van der Waals surface area contributed by atoms with Gasteiger partial charge in [-0.25, -0.2) is 0 Å². The van der Waals surface area contributed by atoms with Crippen LogP contribution in [0.4, 0.5) is 5.95 Å². The monoisotopic (exact) mass is 381 g/mol. The van der Waals surface area contributed by atoms with Gasteiger partial charge in [0.1, 0.15) is 6.04 Å². The maximum Gasteiger partial charge on any atom is 0.248 e. The molecular formula is C18H16BrN5. The molecule has 0 aliphatic carbocycles. The number of nitrogens with one attached hydrogen (secondary N) is 1. The van der Waals surface area contributed by atoms with E-state index in [1.54, 1.807) is 4.68 Å². The van der Waals surface area contributed by atoms with Crippen LogP contribution in [-0.4, -0.2) is 20.2 Å². The number of hydrogen-bond acceptors (Lipinski definition) is 4. The highest BCUT2D eigenvalue weighted by atomic mass is 79.9. The van der Waals surface area contributed by atoms with Crippen LogP contribution < -0.4 is 5.32 Å². The minimum absolute atomic E-state index is 0.0408. The Hall–Kier alpha value is -2.47. The van der Waals surface area contributed by atoms with Gasteiger partial charge in [-0.05, 0) is 70.8 Å². The molecule has 1 N–H and O–H groups in total. The number of anilines is 1. The zero-order valence-electron chi connectivity index (χ0n) is 13.4. The molecule has 120 valence electrons. The highest BCUT2D eigenvalue weighted by Gasteiger charge is 2.24. The summed E-state index contributed by atoms with van der Waals surface area (Å²) in [5, 5.41) is 15.4. The van der Waals surface area contributed by atoms with Crippen LogP contribution in [0.15, 0.2) is 53.0 Å². The number of hydrogen-bond donors (Lipinski definition) is 1. The van der Waals surface area contributed by atoms with Gasteiger partial charge in [0.25, 0.3) is 0 Å². The fourth-order valence-corrected chi connectivity index (χ4v) is 3.09. The zero-order valence-corrected chi connectivity index (χ0v) is 14.9. The molecule has 0 radical (unpaired) electrons. The largest absolute Gasteiger partial charge is 0.323 e. The second-order valence-corrected chi connectivity index (χ2v) is 6.86. The molecule has 0 saturated carbocycles. The maximum atomic E-state index is 4.13. The van der Waals surface area contributed by atoms with Gasteiger partial charge in [-0.15, -0.1) is 0 Å². The summed E-state index contributed by atoms with van der Waals surface area (Å²) in [4.78, 5) is 0. The lowest BCUT2D eigenvalue weighted by Crippen LogP contribution is -2.20. The first-order valence-electron chi connectivity index (χ1n) is 7.71. The first-order valence-corrected chi connectivity index (χ1v) is 8.51. The Kier molecular flexibility index (Phi) is 3.69. The Balaban J connectivity index is 1.81. The van der Waals surface area contributed by atoms with Crippen molar-refractivity contribution in [3.05, 3.63) is 75.3 Å². The van der Waals surface area contributed by atoms with E-state index < -0.39 is 0 Å². The van der Waals surface area contributed by atoms with Crippen molar-refractivity contribution in [3.8, 4) is 0 Å². The van der Waals surface area contributed by atoms with E-state index in [9.17, 15) is 0 Å². The van der Waals surface area contributed by atoms with Crippen molar-refractivity contribution in [1.29, 1.82) is 0 Å². The number of halogens is 1. The number of fused-ring (bicyclic) bond motifs is 1. The minimum Gasteiger partial charge on any atom is -0.323 e. The lowest BCUT2D eigenvalue weighted by molar-refractivity contribution is 0.586. The average Bonchev–Trinajstić information content (AvgIpc) is 3.06. The molecule has 0 bridgehead atoms. The van der Waals surface area contributed by atoms with Gasteiger partial charge in [-0.2, -0.15) is 4.68 Å². The second-order valence-electron chi connectivity index (χ2n) is 5.95. The summed E-state index contributed by atoms with van der Waals surface area (Å²) in [5.74, 6) is 0.652. The van der Waals surface area contributed by atoms with E-state index in [0.717, 1.165) is 21.3 Å². The number of nitrogens with zero attached hydrogens (tertiary/aromatic N) is 4. The van der Waals surface area contributed by atoms with Crippen LogP contribution in [0.2, 0.25) is 0 Å². The Morgan fingerprint density at radius 1 is 1.04 bits per heavy atom. The van der Waals surface area contributed by atoms with Crippen molar-refractivity contribution in [2.75, 3.05) is 5.32 Å². The Morgan fingerprint density at radius 3 is 2.58 bits per heavy atom. The van der Waals surface area contributed by atoms with Gasteiger partial charge in [0.2, 0.25) is 5.95 Å². The zero-order chi connectivity index (χ0) is 16.7. The van der Waals surface area contributed by atoms with Crippen molar-refractivity contribution >= 4 is 27.6 Å². The molecule has 3 aromatic rings. The van der Waals surface area contributed by atoms with Gasteiger partial charge >= 0.3 is 0 Å². The van der Waals surface area contributed by atoms with E-state index >= 15 is 0 Å². The third kappa shape index (κ3) is 2.63. The molecule has 0 saturated heterocycles. The Morgan fingerprint density at radius 2 is 1.83 bits per heavy atom. The first-order chi connectivity index (χ1) is 11.6. The molecule has 1 aliphatic rings. The van der Waals surface area contributed by atoms with Gasteiger partial charge in [-0.1, -0.05) is 45.3 Å². The van der Waals surface area contributed by atoms with E-state index in [-0.39, 0.29) is 6.04 Å². The molecule has 2 heterocycles. The predicted molar refractivity (Wildman–Crippen MR) is 97.6 cm³/mol. The molecule has 5 nitrogen and oxygen atoms in total. The standard InChI is InChI=1S/C18H16BrN5/c1-11-3-4-14(9-12(11)2)16-10-17(13-5-7-15(19)8-6-13)24-18(20-16)21-22-23-24/h3-10,17H,1-2H3,(H,20,21,23)/t17-/m0/s1. The molecule has 0 amide bonds. The van der Waals surface area contributed by atoms with Gasteiger partial charge in [0.05, 0.1) is 0 Å². The van der Waals surface area contributed by atoms with Crippen LogP contribution in [0.5, 0.6) is 0 Å². The fraction of sp³-hybridized carbons (Fsp3) is 0.167. The summed E-state index contributed by atoms with van der Waals surface area (Å²) >= 11 is 3.48. The van der Waals surface area contributed by atoms with E-state index in [0.29, 0.717) is 5.95 Å². The molecule has 0 unspecified atom stereocenters. The summed E-state index contributed by atoms with van der Waals surface area (Å²) in [5.41, 5.74) is 5.84. The summed E-state index contributed by atoms with van der Waals surface area (Å²) in [6.45, 7) is 4.24. The number of tetrazole rings is 1. The van der Waals surface area contributed by atoms with E-state index in [4.69, 9.17) is 0 Å². The predicted octanol–water partition coefficient (Wildman–Crippen LogP) is 4.11. The highest BCUT2D eigenvalue weighted by Crippen LogP contribution is 2.32. The van der Waals surface area contributed by atoms with E-state index in [1.807, 2.05) is 12.1 Å². The van der Waals surface area contributed by atoms with E-state index in [1.165, 1.54) is 11.1 Å². The molecule has 1 atom stereocenters. The Labute approximate surface area is 148 Å². The van der Waals surface area contributed by atoms with Crippen LogP contribution in [0.25, 0.3) is 5.70 Å². The number of benzene rings is 2. The lowest BCUT2D eigenvalue weighted by atomic mass is 9.99. The summed E-state index contributed by atoms with van der Waals surface area (Å²) < 4.78 is 2.85. The number of rotatable bonds is 2. The quantitative estimate of drug-likeness (QED) is 0.725. The van der Waals surface area contributed by atoms with E-state index in [2.05, 4.69) is 87.0 Å². The van der Waals surface area contributed by atoms with Crippen LogP contribution in [0, 0.1) is 13.8 Å². The SMILES string of the molecule is Cc1ccc(C2=C[C@@H](c3ccc(Br)cc3)n3nnnc3N2)cc1C. The molecule has 0 spiro atoms. The average molecular weight is 382 g/mol. The second kappa shape index (κ2) is 5.87. The van der Waals surface area contributed by atoms with Gasteiger partial charge in [-0.3, -0.25) is 0 Å².